The number of hydrogen-bond acceptors (Lipinski definition) is 5. The number of pyridine rings is 1. The first-order valence-electron chi connectivity index (χ1n) is 5.18. The fourth-order valence-corrected chi connectivity index (χ4v) is 1.18. The molecule has 0 aliphatic rings. The van der Waals surface area contributed by atoms with Gasteiger partial charge in [0.2, 0.25) is 0 Å². The summed E-state index contributed by atoms with van der Waals surface area (Å²) in [6.45, 7) is 4.11. The Hall–Kier alpha value is -1.62. The maximum Gasteiger partial charge on any atom is 0.341 e. The summed E-state index contributed by atoms with van der Waals surface area (Å²) in [5.74, 6) is -0.413. The highest BCUT2D eigenvalue weighted by molar-refractivity contribution is 5.95. The molecule has 5 heteroatoms. The van der Waals surface area contributed by atoms with Crippen molar-refractivity contribution in [3.63, 3.8) is 0 Å². The number of rotatable bonds is 5. The molecular weight excluding hydrogens is 208 g/mol. The van der Waals surface area contributed by atoms with Gasteiger partial charge < -0.3 is 15.2 Å². The monoisotopic (exact) mass is 224 g/mol. The summed E-state index contributed by atoms with van der Waals surface area (Å²) in [6.07, 6.45) is 2.54. The molecule has 5 nitrogen and oxygen atoms in total. The summed E-state index contributed by atoms with van der Waals surface area (Å²) in [4.78, 5) is 15.4. The van der Waals surface area contributed by atoms with Crippen molar-refractivity contribution in [1.29, 1.82) is 0 Å². The smallest absolute Gasteiger partial charge is 0.341 e. The highest BCUT2D eigenvalue weighted by atomic mass is 16.5. The van der Waals surface area contributed by atoms with Crippen LogP contribution in [-0.4, -0.2) is 35.3 Å². The zero-order valence-corrected chi connectivity index (χ0v) is 9.43. The molecule has 0 amide bonds. The largest absolute Gasteiger partial charge is 0.462 e. The van der Waals surface area contributed by atoms with Gasteiger partial charge >= 0.3 is 5.97 Å². The molecule has 0 saturated carbocycles. The number of hydrogen-bond donors (Lipinski definition) is 2. The summed E-state index contributed by atoms with van der Waals surface area (Å²) in [7, 11) is 0. The second kappa shape index (κ2) is 6.07. The lowest BCUT2D eigenvalue weighted by Gasteiger charge is -2.11. The third-order valence-corrected chi connectivity index (χ3v) is 1.90. The summed E-state index contributed by atoms with van der Waals surface area (Å²) in [5, 5.41) is 12.1. The topological polar surface area (TPSA) is 71.5 Å². The molecule has 0 spiro atoms. The van der Waals surface area contributed by atoms with Crippen LogP contribution in [0.1, 0.15) is 24.2 Å². The van der Waals surface area contributed by atoms with Crippen molar-refractivity contribution >= 4 is 11.7 Å². The molecule has 0 aromatic carbocycles. The van der Waals surface area contributed by atoms with Gasteiger partial charge in [-0.15, -0.1) is 0 Å². The number of nitrogens with zero attached hydrogens (tertiary/aromatic N) is 1. The Labute approximate surface area is 94.5 Å². The minimum absolute atomic E-state index is 0.323. The number of carbonyl (C=O) groups excluding carboxylic acids is 1. The fraction of sp³-hybridized carbons (Fsp3) is 0.455. The van der Waals surface area contributed by atoms with E-state index in [9.17, 15) is 4.79 Å². The third kappa shape index (κ3) is 3.51. The Morgan fingerprint density at radius 3 is 3.06 bits per heavy atom. The lowest BCUT2D eigenvalue weighted by atomic mass is 10.2. The van der Waals surface area contributed by atoms with Gasteiger partial charge in [-0.05, 0) is 19.9 Å². The van der Waals surface area contributed by atoms with Crippen molar-refractivity contribution in [2.75, 3.05) is 18.5 Å². The molecule has 1 heterocycles. The maximum absolute atomic E-state index is 11.5. The van der Waals surface area contributed by atoms with Crippen LogP contribution in [0.5, 0.6) is 0 Å². The van der Waals surface area contributed by atoms with E-state index in [4.69, 9.17) is 9.84 Å². The van der Waals surface area contributed by atoms with Crippen LogP contribution in [0.4, 0.5) is 5.69 Å². The van der Waals surface area contributed by atoms with Gasteiger partial charge in [-0.3, -0.25) is 4.98 Å². The molecule has 16 heavy (non-hydrogen) atoms. The molecule has 0 saturated heterocycles. The summed E-state index contributed by atoms with van der Waals surface area (Å²) in [5.41, 5.74) is 0.999. The van der Waals surface area contributed by atoms with Crippen LogP contribution in [0.25, 0.3) is 0 Å². The number of anilines is 1. The van der Waals surface area contributed by atoms with Crippen LogP contribution in [0, 0.1) is 0 Å². The quantitative estimate of drug-likeness (QED) is 0.731. The predicted molar refractivity (Wildman–Crippen MR) is 60.4 cm³/mol. The van der Waals surface area contributed by atoms with E-state index in [1.165, 1.54) is 6.20 Å². The molecule has 0 bridgehead atoms. The van der Waals surface area contributed by atoms with Crippen LogP contribution < -0.4 is 5.32 Å². The van der Waals surface area contributed by atoms with Gasteiger partial charge in [-0.25, -0.2) is 4.79 Å². The van der Waals surface area contributed by atoms with Gasteiger partial charge in [0.1, 0.15) is 5.56 Å². The highest BCUT2D eigenvalue weighted by Crippen LogP contribution is 2.14. The van der Waals surface area contributed by atoms with Crippen LogP contribution in [0.15, 0.2) is 18.5 Å². The molecule has 0 radical (unpaired) electrons. The summed E-state index contributed by atoms with van der Waals surface area (Å²) < 4.78 is 4.89. The van der Waals surface area contributed by atoms with Gasteiger partial charge in [0.05, 0.1) is 18.4 Å². The number of nitrogens with one attached hydrogen (secondary N) is 1. The molecule has 1 rings (SSSR count). The van der Waals surface area contributed by atoms with Crippen molar-refractivity contribution in [3.05, 3.63) is 24.0 Å². The van der Waals surface area contributed by atoms with Gasteiger partial charge in [-0.2, -0.15) is 0 Å². The van der Waals surface area contributed by atoms with Crippen LogP contribution >= 0.6 is 0 Å². The first-order chi connectivity index (χ1) is 7.65. The first kappa shape index (κ1) is 12.4. The third-order valence-electron chi connectivity index (χ3n) is 1.90. The molecule has 0 fully saturated rings. The van der Waals surface area contributed by atoms with Gasteiger partial charge in [0.25, 0.3) is 0 Å². The van der Waals surface area contributed by atoms with Crippen molar-refractivity contribution < 1.29 is 14.6 Å². The fourth-order valence-electron chi connectivity index (χ4n) is 1.18. The Morgan fingerprint density at radius 1 is 1.69 bits per heavy atom. The Balaban J connectivity index is 2.78. The number of ether oxygens (including phenoxy) is 1. The molecule has 0 unspecified atom stereocenters. The Morgan fingerprint density at radius 2 is 2.44 bits per heavy atom. The van der Waals surface area contributed by atoms with E-state index in [0.717, 1.165) is 0 Å². The number of esters is 1. The van der Waals surface area contributed by atoms with Gasteiger partial charge in [0, 0.05) is 18.9 Å². The lowest BCUT2D eigenvalue weighted by Crippen LogP contribution is -2.18. The van der Waals surface area contributed by atoms with Crippen molar-refractivity contribution in [3.8, 4) is 0 Å². The predicted octanol–water partition coefficient (Wildman–Crippen LogP) is 1.05. The van der Waals surface area contributed by atoms with E-state index in [-0.39, 0.29) is 0 Å². The van der Waals surface area contributed by atoms with Gasteiger partial charge in [-0.1, -0.05) is 0 Å². The van der Waals surface area contributed by atoms with E-state index < -0.39 is 12.1 Å². The van der Waals surface area contributed by atoms with E-state index >= 15 is 0 Å². The number of aliphatic hydroxyl groups is 1. The minimum Gasteiger partial charge on any atom is -0.462 e. The number of aliphatic hydroxyl groups excluding tert-OH is 1. The summed E-state index contributed by atoms with van der Waals surface area (Å²) in [6, 6.07) is 1.68. The molecule has 1 aromatic rings. The maximum atomic E-state index is 11.5. The number of aromatic nitrogens is 1. The van der Waals surface area contributed by atoms with E-state index in [0.29, 0.717) is 24.4 Å². The second-order valence-corrected chi connectivity index (χ2v) is 3.37. The minimum atomic E-state index is -0.483. The van der Waals surface area contributed by atoms with Crippen LogP contribution in [0.3, 0.4) is 0 Å². The molecule has 1 aromatic heterocycles. The van der Waals surface area contributed by atoms with E-state index in [2.05, 4.69) is 10.3 Å². The first-order valence-corrected chi connectivity index (χ1v) is 5.18. The Kier molecular flexibility index (Phi) is 4.72. The lowest BCUT2D eigenvalue weighted by molar-refractivity contribution is 0.0527. The van der Waals surface area contributed by atoms with Crippen LogP contribution in [0.2, 0.25) is 0 Å². The Bertz CT molecular complexity index is 353. The molecule has 0 aliphatic carbocycles. The molecule has 0 aliphatic heterocycles. The molecule has 2 N–H and O–H groups in total. The molecule has 1 atom stereocenters. The van der Waals surface area contributed by atoms with Gasteiger partial charge in [0.15, 0.2) is 0 Å². The highest BCUT2D eigenvalue weighted by Gasteiger charge is 2.12. The normalized spacial score (nSPS) is 11.9. The van der Waals surface area contributed by atoms with Crippen LogP contribution in [-0.2, 0) is 4.74 Å². The zero-order chi connectivity index (χ0) is 12.0. The SMILES string of the molecule is CCOC(=O)c1cnccc1NC[C@H](C)O. The standard InChI is InChI=1S/C11H16N2O3/c1-3-16-11(15)9-7-12-5-4-10(9)13-6-8(2)14/h4-5,7-8,14H,3,6H2,1-2H3,(H,12,13)/t8-/m0/s1. The van der Waals surface area contributed by atoms with E-state index in [1.54, 1.807) is 26.1 Å². The molecule has 88 valence electrons. The van der Waals surface area contributed by atoms with E-state index in [1.807, 2.05) is 0 Å². The van der Waals surface area contributed by atoms with Crippen molar-refractivity contribution in [1.82, 2.24) is 4.98 Å². The number of carbonyl (C=O) groups is 1. The van der Waals surface area contributed by atoms with Crippen molar-refractivity contribution in [2.24, 2.45) is 0 Å². The molecular formula is C11H16N2O3. The summed E-state index contributed by atoms with van der Waals surface area (Å²) >= 11 is 0. The average Bonchev–Trinajstić information content (AvgIpc) is 2.27. The second-order valence-electron chi connectivity index (χ2n) is 3.37. The zero-order valence-electron chi connectivity index (χ0n) is 9.43. The van der Waals surface area contributed by atoms with Crippen molar-refractivity contribution in [2.45, 2.75) is 20.0 Å². The average molecular weight is 224 g/mol.